The van der Waals surface area contributed by atoms with Crippen molar-refractivity contribution in [2.75, 3.05) is 31.1 Å². The summed E-state index contributed by atoms with van der Waals surface area (Å²) >= 11 is 6.01. The molecule has 1 aromatic heterocycles. The Morgan fingerprint density at radius 2 is 1.74 bits per heavy atom. The molecule has 0 unspecified atom stereocenters. The van der Waals surface area contributed by atoms with E-state index in [2.05, 4.69) is 25.2 Å². The molecule has 1 aromatic carbocycles. The topological polar surface area (TPSA) is 53.9 Å². The number of rotatable bonds is 2. The molecule has 0 spiro atoms. The summed E-state index contributed by atoms with van der Waals surface area (Å²) in [5.74, 6) is 1.27. The molecule has 2 heterocycles. The predicted octanol–water partition coefficient (Wildman–Crippen LogP) is 1.60. The summed E-state index contributed by atoms with van der Waals surface area (Å²) < 4.78 is 0. The number of aromatic nitrogens is 3. The molecule has 0 aliphatic carbocycles. The summed E-state index contributed by atoms with van der Waals surface area (Å²) in [6.45, 7) is 3.64. The van der Waals surface area contributed by atoms with Gasteiger partial charge in [0, 0.05) is 31.7 Å². The second-order valence-corrected chi connectivity index (χ2v) is 4.67. The molecule has 0 atom stereocenters. The average Bonchev–Trinajstić information content (AvgIpc) is 2.48. The minimum atomic E-state index is 0.238. The summed E-state index contributed by atoms with van der Waals surface area (Å²) in [7, 11) is 0. The van der Waals surface area contributed by atoms with Gasteiger partial charge in [-0.25, -0.2) is 0 Å². The van der Waals surface area contributed by atoms with Gasteiger partial charge in [-0.1, -0.05) is 30.3 Å². The summed E-state index contributed by atoms with van der Waals surface area (Å²) in [5, 5.41) is 3.54. The number of piperazine rings is 1. The van der Waals surface area contributed by atoms with E-state index in [9.17, 15) is 0 Å². The van der Waals surface area contributed by atoms with E-state index in [0.717, 1.165) is 31.7 Å². The van der Waals surface area contributed by atoms with E-state index in [4.69, 9.17) is 11.6 Å². The van der Waals surface area contributed by atoms with Gasteiger partial charge < -0.3 is 10.2 Å². The first-order valence-electron chi connectivity index (χ1n) is 6.25. The summed E-state index contributed by atoms with van der Waals surface area (Å²) in [6.07, 6.45) is 0. The third-order valence-electron chi connectivity index (χ3n) is 3.03. The molecule has 1 N–H and O–H groups in total. The van der Waals surface area contributed by atoms with Crippen LogP contribution in [0.5, 0.6) is 0 Å². The van der Waals surface area contributed by atoms with Crippen LogP contribution >= 0.6 is 11.6 Å². The van der Waals surface area contributed by atoms with Crippen LogP contribution < -0.4 is 10.2 Å². The lowest BCUT2D eigenvalue weighted by Crippen LogP contribution is -2.44. The Balaban J connectivity index is 1.96. The van der Waals surface area contributed by atoms with Crippen molar-refractivity contribution in [2.24, 2.45) is 0 Å². The average molecular weight is 276 g/mol. The van der Waals surface area contributed by atoms with Crippen LogP contribution in [0.1, 0.15) is 0 Å². The van der Waals surface area contributed by atoms with Gasteiger partial charge in [0.2, 0.25) is 11.2 Å². The van der Waals surface area contributed by atoms with Crippen molar-refractivity contribution in [3.8, 4) is 11.4 Å². The van der Waals surface area contributed by atoms with Crippen LogP contribution in [0.15, 0.2) is 30.3 Å². The Morgan fingerprint density at radius 3 is 2.47 bits per heavy atom. The third kappa shape index (κ3) is 2.83. The van der Waals surface area contributed by atoms with Gasteiger partial charge in [-0.15, -0.1) is 0 Å². The molecule has 2 aromatic rings. The minimum absolute atomic E-state index is 0.238. The molecule has 0 bridgehead atoms. The SMILES string of the molecule is Clc1nc(-c2ccccc2)nc(N2CCNCC2)n1. The zero-order valence-corrected chi connectivity index (χ0v) is 11.1. The molecule has 1 aliphatic heterocycles. The quantitative estimate of drug-likeness (QED) is 0.902. The van der Waals surface area contributed by atoms with Gasteiger partial charge in [0.25, 0.3) is 0 Å². The maximum Gasteiger partial charge on any atom is 0.230 e. The number of halogens is 1. The van der Waals surface area contributed by atoms with Crippen LogP contribution in [0.4, 0.5) is 5.95 Å². The van der Waals surface area contributed by atoms with Gasteiger partial charge in [-0.2, -0.15) is 15.0 Å². The molecule has 19 heavy (non-hydrogen) atoms. The van der Waals surface area contributed by atoms with E-state index in [0.29, 0.717) is 11.8 Å². The van der Waals surface area contributed by atoms with Crippen molar-refractivity contribution in [2.45, 2.75) is 0 Å². The zero-order chi connectivity index (χ0) is 13.1. The van der Waals surface area contributed by atoms with Gasteiger partial charge in [0.1, 0.15) is 0 Å². The first-order chi connectivity index (χ1) is 9.33. The van der Waals surface area contributed by atoms with Gasteiger partial charge in [0.15, 0.2) is 5.82 Å². The predicted molar refractivity (Wildman–Crippen MR) is 75.4 cm³/mol. The zero-order valence-electron chi connectivity index (χ0n) is 10.4. The van der Waals surface area contributed by atoms with Crippen LogP contribution in [0.25, 0.3) is 11.4 Å². The number of hydrogen-bond acceptors (Lipinski definition) is 5. The maximum absolute atomic E-state index is 6.01. The molecule has 0 radical (unpaired) electrons. The van der Waals surface area contributed by atoms with Crippen molar-refractivity contribution in [3.05, 3.63) is 35.6 Å². The standard InChI is InChI=1S/C13H14ClN5/c14-12-16-11(10-4-2-1-3-5-10)17-13(18-12)19-8-6-15-7-9-19/h1-5,15H,6-9H2. The molecular formula is C13H14ClN5. The van der Waals surface area contributed by atoms with E-state index in [1.165, 1.54) is 0 Å². The largest absolute Gasteiger partial charge is 0.338 e. The molecular weight excluding hydrogens is 262 g/mol. The molecule has 0 amide bonds. The lowest BCUT2D eigenvalue weighted by Gasteiger charge is -2.27. The highest BCUT2D eigenvalue weighted by atomic mass is 35.5. The summed E-state index contributed by atoms with van der Waals surface area (Å²) in [4.78, 5) is 15.1. The van der Waals surface area contributed by atoms with Gasteiger partial charge in [-0.3, -0.25) is 0 Å². The normalized spacial score (nSPS) is 15.5. The molecule has 1 fully saturated rings. The van der Waals surface area contributed by atoms with E-state index in [-0.39, 0.29) is 5.28 Å². The number of benzene rings is 1. The Kier molecular flexibility index (Phi) is 3.57. The van der Waals surface area contributed by atoms with Gasteiger partial charge in [0.05, 0.1) is 0 Å². The van der Waals surface area contributed by atoms with E-state index in [1.54, 1.807) is 0 Å². The molecule has 98 valence electrons. The van der Waals surface area contributed by atoms with Crippen molar-refractivity contribution in [3.63, 3.8) is 0 Å². The Hall–Kier alpha value is -1.72. The second-order valence-electron chi connectivity index (χ2n) is 4.33. The number of nitrogens with one attached hydrogen (secondary N) is 1. The van der Waals surface area contributed by atoms with Crippen LogP contribution in [0, 0.1) is 0 Å². The highest BCUT2D eigenvalue weighted by molar-refractivity contribution is 6.28. The van der Waals surface area contributed by atoms with Crippen molar-refractivity contribution in [1.29, 1.82) is 0 Å². The Morgan fingerprint density at radius 1 is 1.00 bits per heavy atom. The minimum Gasteiger partial charge on any atom is -0.338 e. The highest BCUT2D eigenvalue weighted by Crippen LogP contribution is 2.19. The van der Waals surface area contributed by atoms with Crippen LogP contribution in [0.3, 0.4) is 0 Å². The maximum atomic E-state index is 6.01. The molecule has 0 saturated carbocycles. The summed E-state index contributed by atoms with van der Waals surface area (Å²) in [6, 6.07) is 9.80. The van der Waals surface area contributed by atoms with Crippen molar-refractivity contribution >= 4 is 17.5 Å². The first-order valence-corrected chi connectivity index (χ1v) is 6.63. The third-order valence-corrected chi connectivity index (χ3v) is 3.20. The fourth-order valence-electron chi connectivity index (χ4n) is 2.06. The Labute approximate surface area is 116 Å². The fourth-order valence-corrected chi connectivity index (χ4v) is 2.22. The first kappa shape index (κ1) is 12.3. The molecule has 1 aliphatic rings. The number of nitrogens with zero attached hydrogens (tertiary/aromatic N) is 4. The molecule has 5 nitrogen and oxygen atoms in total. The van der Waals surface area contributed by atoms with Crippen LogP contribution in [-0.4, -0.2) is 41.1 Å². The molecule has 3 rings (SSSR count). The van der Waals surface area contributed by atoms with E-state index >= 15 is 0 Å². The lowest BCUT2D eigenvalue weighted by atomic mass is 10.2. The highest BCUT2D eigenvalue weighted by Gasteiger charge is 2.15. The lowest BCUT2D eigenvalue weighted by molar-refractivity contribution is 0.579. The van der Waals surface area contributed by atoms with Crippen LogP contribution in [-0.2, 0) is 0 Å². The van der Waals surface area contributed by atoms with Gasteiger partial charge in [-0.05, 0) is 11.6 Å². The van der Waals surface area contributed by atoms with E-state index in [1.807, 2.05) is 30.3 Å². The second kappa shape index (κ2) is 5.50. The van der Waals surface area contributed by atoms with Crippen LogP contribution in [0.2, 0.25) is 5.28 Å². The molecule has 6 heteroatoms. The Bertz CT molecular complexity index is 554. The van der Waals surface area contributed by atoms with Crippen molar-refractivity contribution < 1.29 is 0 Å². The fraction of sp³-hybridized carbons (Fsp3) is 0.308. The number of anilines is 1. The molecule has 1 saturated heterocycles. The number of hydrogen-bond donors (Lipinski definition) is 1. The van der Waals surface area contributed by atoms with Crippen molar-refractivity contribution in [1.82, 2.24) is 20.3 Å². The monoisotopic (exact) mass is 275 g/mol. The summed E-state index contributed by atoms with van der Waals surface area (Å²) in [5.41, 5.74) is 0.947. The smallest absolute Gasteiger partial charge is 0.230 e. The van der Waals surface area contributed by atoms with Gasteiger partial charge >= 0.3 is 0 Å². The van der Waals surface area contributed by atoms with E-state index < -0.39 is 0 Å².